The molecule has 2 aromatic carbocycles. The summed E-state index contributed by atoms with van der Waals surface area (Å²) in [6.07, 6.45) is 4.32. The lowest BCUT2D eigenvalue weighted by Gasteiger charge is -2.20. The molecule has 3 rings (SSSR count). The summed E-state index contributed by atoms with van der Waals surface area (Å²) in [5.74, 6) is 0.524. The van der Waals surface area contributed by atoms with Crippen molar-refractivity contribution in [3.8, 4) is 6.07 Å². The third kappa shape index (κ3) is 8.01. The lowest BCUT2D eigenvalue weighted by molar-refractivity contribution is 0.276. The van der Waals surface area contributed by atoms with E-state index >= 15 is 0 Å². The minimum absolute atomic E-state index is 0.117. The van der Waals surface area contributed by atoms with E-state index in [0.29, 0.717) is 5.92 Å². The fraction of sp³-hybridized carbons (Fsp3) is 0.480. The van der Waals surface area contributed by atoms with E-state index < -0.39 is 0 Å². The van der Waals surface area contributed by atoms with E-state index in [9.17, 15) is 0 Å². The smallest absolute Gasteiger partial charge is 0.0587 e. The van der Waals surface area contributed by atoms with Gasteiger partial charge in [-0.1, -0.05) is 61.5 Å². The van der Waals surface area contributed by atoms with Crippen LogP contribution in [-0.2, 0) is 13.0 Å². The highest BCUT2D eigenvalue weighted by atomic mass is 35.5. The summed E-state index contributed by atoms with van der Waals surface area (Å²) >= 11 is 12.5. The zero-order valence-corrected chi connectivity index (χ0v) is 19.0. The predicted octanol–water partition coefficient (Wildman–Crippen LogP) is 6.76. The van der Waals surface area contributed by atoms with Gasteiger partial charge < -0.3 is 0 Å². The molecule has 4 heteroatoms. The Labute approximate surface area is 186 Å². The highest BCUT2D eigenvalue weighted by Gasteiger charge is 2.32. The molecule has 0 saturated heterocycles. The normalized spacial score (nSPS) is 20.8. The summed E-state index contributed by atoms with van der Waals surface area (Å²) < 4.78 is 0. The van der Waals surface area contributed by atoms with E-state index in [1.165, 1.54) is 30.0 Å². The topological polar surface area (TPSA) is 27.0 Å². The van der Waals surface area contributed by atoms with Crippen LogP contribution < -0.4 is 0 Å². The summed E-state index contributed by atoms with van der Waals surface area (Å²) in [7, 11) is 0. The molecule has 0 aliphatic heterocycles. The number of halogens is 2. The van der Waals surface area contributed by atoms with Crippen molar-refractivity contribution < 1.29 is 0 Å². The number of nitriles is 1. The van der Waals surface area contributed by atoms with Crippen molar-refractivity contribution in [1.29, 1.82) is 5.26 Å². The number of nitrogens with zero attached hydrogens (tertiary/aromatic N) is 2. The highest BCUT2D eigenvalue weighted by Crippen LogP contribution is 2.40. The molecule has 29 heavy (non-hydrogen) atoms. The van der Waals surface area contributed by atoms with Gasteiger partial charge in [-0.15, -0.1) is 23.2 Å². The van der Waals surface area contributed by atoms with Crippen LogP contribution in [0.3, 0.4) is 0 Å². The van der Waals surface area contributed by atoms with Gasteiger partial charge in [0.15, 0.2) is 0 Å². The number of aryl methyl sites for hydroxylation is 1. The number of alkyl halides is 2. The Morgan fingerprint density at radius 2 is 1.55 bits per heavy atom. The van der Waals surface area contributed by atoms with Crippen molar-refractivity contribution >= 4 is 23.2 Å². The SMILES string of the molecule is CC#N.CCN(CCCc1ccc(C2CC(Cl)C(Cl)C2)cc1)Cc1ccccc1. The Morgan fingerprint density at radius 1 is 0.966 bits per heavy atom. The zero-order valence-electron chi connectivity index (χ0n) is 17.5. The second-order valence-electron chi connectivity index (χ2n) is 7.62. The first-order chi connectivity index (χ1) is 14.1. The van der Waals surface area contributed by atoms with Gasteiger partial charge in [-0.3, -0.25) is 4.90 Å². The number of hydrogen-bond donors (Lipinski definition) is 0. The molecule has 2 aromatic rings. The number of rotatable bonds is 8. The molecule has 1 aliphatic carbocycles. The Balaban J connectivity index is 0.000000941. The fourth-order valence-corrected chi connectivity index (χ4v) is 4.50. The molecular weight excluding hydrogens is 399 g/mol. The lowest BCUT2D eigenvalue weighted by atomic mass is 9.96. The third-order valence-corrected chi connectivity index (χ3v) is 6.59. The molecular formula is C25H32Cl2N2. The largest absolute Gasteiger partial charge is 0.299 e. The van der Waals surface area contributed by atoms with Gasteiger partial charge in [0.05, 0.1) is 16.8 Å². The summed E-state index contributed by atoms with van der Waals surface area (Å²) in [4.78, 5) is 2.52. The maximum absolute atomic E-state index is 7.32. The highest BCUT2D eigenvalue weighted by molar-refractivity contribution is 6.30. The van der Waals surface area contributed by atoms with Crippen LogP contribution >= 0.6 is 23.2 Å². The molecule has 156 valence electrons. The van der Waals surface area contributed by atoms with Gasteiger partial charge >= 0.3 is 0 Å². The summed E-state index contributed by atoms with van der Waals surface area (Å²) in [6, 6.07) is 21.6. The summed E-state index contributed by atoms with van der Waals surface area (Å²) in [6.45, 7) is 6.94. The summed E-state index contributed by atoms with van der Waals surface area (Å²) in [5.41, 5.74) is 4.21. The van der Waals surface area contributed by atoms with Crippen molar-refractivity contribution in [2.24, 2.45) is 0 Å². The molecule has 2 nitrogen and oxygen atoms in total. The lowest BCUT2D eigenvalue weighted by Crippen LogP contribution is -2.24. The number of hydrogen-bond acceptors (Lipinski definition) is 2. The first-order valence-corrected chi connectivity index (χ1v) is 11.4. The molecule has 1 saturated carbocycles. The Bertz CT molecular complexity index is 730. The molecule has 0 heterocycles. The third-order valence-electron chi connectivity index (χ3n) is 5.50. The van der Waals surface area contributed by atoms with Gasteiger partial charge in [-0.25, -0.2) is 0 Å². The van der Waals surface area contributed by atoms with E-state index in [1.54, 1.807) is 6.07 Å². The van der Waals surface area contributed by atoms with Gasteiger partial charge in [0.1, 0.15) is 0 Å². The average Bonchev–Trinajstić information content (AvgIpc) is 3.07. The zero-order chi connectivity index (χ0) is 21.1. The van der Waals surface area contributed by atoms with Crippen molar-refractivity contribution in [1.82, 2.24) is 4.90 Å². The Morgan fingerprint density at radius 3 is 2.10 bits per heavy atom. The maximum atomic E-state index is 7.32. The fourth-order valence-electron chi connectivity index (χ4n) is 3.86. The minimum atomic E-state index is 0.117. The quantitative estimate of drug-likeness (QED) is 0.432. The van der Waals surface area contributed by atoms with Crippen LogP contribution in [0.4, 0.5) is 0 Å². The van der Waals surface area contributed by atoms with E-state index in [2.05, 4.69) is 66.4 Å². The van der Waals surface area contributed by atoms with Gasteiger partial charge in [0, 0.05) is 13.5 Å². The number of benzene rings is 2. The molecule has 0 radical (unpaired) electrons. The van der Waals surface area contributed by atoms with Gasteiger partial charge in [0.2, 0.25) is 0 Å². The molecule has 0 aromatic heterocycles. The van der Waals surface area contributed by atoms with Crippen LogP contribution in [0.2, 0.25) is 0 Å². The molecule has 0 N–H and O–H groups in total. The first-order valence-electron chi connectivity index (χ1n) is 10.5. The van der Waals surface area contributed by atoms with E-state index in [0.717, 1.165) is 38.9 Å². The van der Waals surface area contributed by atoms with Crippen LogP contribution in [0.1, 0.15) is 55.7 Å². The molecule has 0 spiro atoms. The van der Waals surface area contributed by atoms with E-state index in [4.69, 9.17) is 28.5 Å². The molecule has 1 aliphatic rings. The second-order valence-corrected chi connectivity index (χ2v) is 8.74. The molecule has 2 atom stereocenters. The second kappa shape index (κ2) is 12.9. The molecule has 0 amide bonds. The first kappa shape index (κ1) is 23.7. The van der Waals surface area contributed by atoms with Crippen LogP contribution in [0.25, 0.3) is 0 Å². The molecule has 1 fully saturated rings. The van der Waals surface area contributed by atoms with Crippen LogP contribution in [-0.4, -0.2) is 28.7 Å². The van der Waals surface area contributed by atoms with Crippen molar-refractivity contribution in [2.75, 3.05) is 13.1 Å². The van der Waals surface area contributed by atoms with Crippen LogP contribution in [0.15, 0.2) is 54.6 Å². The monoisotopic (exact) mass is 430 g/mol. The Kier molecular flexibility index (Phi) is 10.6. The van der Waals surface area contributed by atoms with Crippen molar-refractivity contribution in [3.05, 3.63) is 71.3 Å². The van der Waals surface area contributed by atoms with Gasteiger partial charge in [-0.2, -0.15) is 5.26 Å². The average molecular weight is 431 g/mol. The van der Waals surface area contributed by atoms with E-state index in [1.807, 2.05) is 0 Å². The summed E-state index contributed by atoms with van der Waals surface area (Å²) in [5, 5.41) is 7.55. The maximum Gasteiger partial charge on any atom is 0.0587 e. The van der Waals surface area contributed by atoms with Crippen LogP contribution in [0.5, 0.6) is 0 Å². The van der Waals surface area contributed by atoms with Crippen molar-refractivity contribution in [2.45, 2.75) is 62.7 Å². The minimum Gasteiger partial charge on any atom is -0.299 e. The molecule has 0 bridgehead atoms. The van der Waals surface area contributed by atoms with E-state index in [-0.39, 0.29) is 10.8 Å². The van der Waals surface area contributed by atoms with Crippen LogP contribution in [0, 0.1) is 11.3 Å². The standard InChI is InChI=1S/C23H29Cl2N.C2H3N/c1-2-26(17-19-7-4-3-5-8-19)14-6-9-18-10-12-20(13-11-18)21-15-22(24)23(25)16-21;1-2-3/h3-5,7-8,10-13,21-23H,2,6,9,14-17H2,1H3;1H3. The molecule has 2 unspecified atom stereocenters. The predicted molar refractivity (Wildman–Crippen MR) is 125 cm³/mol. The van der Waals surface area contributed by atoms with Gasteiger partial charge in [-0.05, 0) is 61.4 Å². The van der Waals surface area contributed by atoms with Crippen molar-refractivity contribution in [3.63, 3.8) is 0 Å². The Hall–Kier alpha value is -1.53. The van der Waals surface area contributed by atoms with Gasteiger partial charge in [0.25, 0.3) is 0 Å².